The molecule has 8 nitrogen and oxygen atoms in total. The zero-order chi connectivity index (χ0) is 19.9. The summed E-state index contributed by atoms with van der Waals surface area (Å²) in [4.78, 5) is 24.0. The van der Waals surface area contributed by atoms with E-state index in [4.69, 9.17) is 5.73 Å². The fraction of sp³-hybridized carbons (Fsp3) is 0.150. The SMILES string of the molecule is CCC(Nc1cnc(C#N)c(Nc2ccc(-c3cccnc3)cc2)n1)C(N)=O. The van der Waals surface area contributed by atoms with Gasteiger partial charge in [0.25, 0.3) is 0 Å². The molecule has 3 rings (SSSR count). The van der Waals surface area contributed by atoms with Crippen LogP contribution in [0.4, 0.5) is 17.3 Å². The van der Waals surface area contributed by atoms with Crippen molar-refractivity contribution < 1.29 is 4.79 Å². The molecule has 0 spiro atoms. The molecule has 1 aromatic carbocycles. The highest BCUT2D eigenvalue weighted by molar-refractivity contribution is 5.82. The first-order chi connectivity index (χ1) is 13.6. The van der Waals surface area contributed by atoms with E-state index in [0.717, 1.165) is 16.8 Å². The molecular formula is C20H19N7O. The van der Waals surface area contributed by atoms with Gasteiger partial charge in [-0.1, -0.05) is 25.1 Å². The number of rotatable bonds is 7. The van der Waals surface area contributed by atoms with Gasteiger partial charge in [0.15, 0.2) is 11.5 Å². The number of benzene rings is 1. The molecule has 4 N–H and O–H groups in total. The van der Waals surface area contributed by atoms with Crippen LogP contribution in [0.15, 0.2) is 55.0 Å². The van der Waals surface area contributed by atoms with Crippen LogP contribution < -0.4 is 16.4 Å². The van der Waals surface area contributed by atoms with Crippen molar-refractivity contribution in [3.63, 3.8) is 0 Å². The second-order valence-electron chi connectivity index (χ2n) is 6.02. The highest BCUT2D eigenvalue weighted by Gasteiger charge is 2.15. The van der Waals surface area contributed by atoms with Gasteiger partial charge in [-0.2, -0.15) is 5.26 Å². The summed E-state index contributed by atoms with van der Waals surface area (Å²) >= 11 is 0. The molecule has 1 amide bonds. The Morgan fingerprint density at radius 2 is 2.00 bits per heavy atom. The number of pyridine rings is 1. The van der Waals surface area contributed by atoms with E-state index < -0.39 is 11.9 Å². The summed E-state index contributed by atoms with van der Waals surface area (Å²) in [5.74, 6) is 0.175. The molecule has 0 aliphatic heterocycles. The Balaban J connectivity index is 1.82. The second kappa shape index (κ2) is 8.60. The Bertz CT molecular complexity index is 997. The van der Waals surface area contributed by atoms with Gasteiger partial charge < -0.3 is 16.4 Å². The van der Waals surface area contributed by atoms with Crippen LogP contribution in [-0.4, -0.2) is 26.9 Å². The topological polar surface area (TPSA) is 130 Å². The molecule has 3 aromatic rings. The number of carbonyl (C=O) groups is 1. The van der Waals surface area contributed by atoms with E-state index in [1.807, 2.05) is 49.4 Å². The van der Waals surface area contributed by atoms with Gasteiger partial charge in [-0.05, 0) is 35.7 Å². The van der Waals surface area contributed by atoms with Crippen LogP contribution >= 0.6 is 0 Å². The minimum atomic E-state index is -0.561. The zero-order valence-electron chi connectivity index (χ0n) is 15.3. The Morgan fingerprint density at radius 3 is 2.61 bits per heavy atom. The summed E-state index contributed by atoms with van der Waals surface area (Å²) in [5.41, 5.74) is 8.28. The summed E-state index contributed by atoms with van der Waals surface area (Å²) in [6.07, 6.45) is 5.43. The maximum Gasteiger partial charge on any atom is 0.239 e. The number of carbonyl (C=O) groups excluding carboxylic acids is 1. The summed E-state index contributed by atoms with van der Waals surface area (Å²) < 4.78 is 0. The lowest BCUT2D eigenvalue weighted by molar-refractivity contribution is -0.118. The molecule has 1 atom stereocenters. The van der Waals surface area contributed by atoms with E-state index in [0.29, 0.717) is 18.1 Å². The summed E-state index contributed by atoms with van der Waals surface area (Å²) in [5, 5.41) is 15.3. The lowest BCUT2D eigenvalue weighted by Crippen LogP contribution is -2.35. The number of nitrogens with zero attached hydrogens (tertiary/aromatic N) is 4. The van der Waals surface area contributed by atoms with Gasteiger partial charge in [0.1, 0.15) is 17.9 Å². The van der Waals surface area contributed by atoms with E-state index in [1.54, 1.807) is 12.4 Å². The quantitative estimate of drug-likeness (QED) is 0.580. The third-order valence-corrected chi connectivity index (χ3v) is 4.09. The van der Waals surface area contributed by atoms with Crippen LogP contribution in [0, 0.1) is 11.3 Å². The van der Waals surface area contributed by atoms with Crippen LogP contribution in [0.1, 0.15) is 19.0 Å². The molecule has 8 heteroatoms. The van der Waals surface area contributed by atoms with Gasteiger partial charge in [-0.15, -0.1) is 0 Å². The van der Waals surface area contributed by atoms with Gasteiger partial charge in [-0.25, -0.2) is 9.97 Å². The number of hydrogen-bond donors (Lipinski definition) is 3. The van der Waals surface area contributed by atoms with Crippen molar-refractivity contribution in [1.82, 2.24) is 15.0 Å². The Morgan fingerprint density at radius 1 is 1.21 bits per heavy atom. The number of anilines is 3. The fourth-order valence-corrected chi connectivity index (χ4v) is 2.60. The minimum absolute atomic E-state index is 0.147. The lowest BCUT2D eigenvalue weighted by atomic mass is 10.1. The van der Waals surface area contributed by atoms with Gasteiger partial charge in [0.2, 0.25) is 5.91 Å². The predicted molar refractivity (Wildman–Crippen MR) is 107 cm³/mol. The van der Waals surface area contributed by atoms with Crippen LogP contribution in [0.2, 0.25) is 0 Å². The predicted octanol–water partition coefficient (Wildman–Crippen LogP) is 2.83. The van der Waals surface area contributed by atoms with E-state index in [-0.39, 0.29) is 5.69 Å². The summed E-state index contributed by atoms with van der Waals surface area (Å²) in [6, 6.07) is 13.0. The van der Waals surface area contributed by atoms with Crippen molar-refractivity contribution in [1.29, 1.82) is 5.26 Å². The molecule has 0 radical (unpaired) electrons. The monoisotopic (exact) mass is 373 g/mol. The van der Waals surface area contributed by atoms with Crippen molar-refractivity contribution in [2.24, 2.45) is 5.73 Å². The molecule has 28 heavy (non-hydrogen) atoms. The Kier molecular flexibility index (Phi) is 5.77. The minimum Gasteiger partial charge on any atom is -0.368 e. The summed E-state index contributed by atoms with van der Waals surface area (Å²) in [7, 11) is 0. The largest absolute Gasteiger partial charge is 0.368 e. The molecule has 140 valence electrons. The first-order valence-corrected chi connectivity index (χ1v) is 8.71. The fourth-order valence-electron chi connectivity index (χ4n) is 2.60. The molecule has 0 saturated carbocycles. The van der Waals surface area contributed by atoms with Gasteiger partial charge >= 0.3 is 0 Å². The van der Waals surface area contributed by atoms with Crippen molar-refractivity contribution in [3.05, 3.63) is 60.7 Å². The standard InChI is InChI=1S/C20H19N7O/c1-2-16(19(22)28)26-18-12-24-17(10-21)20(27-18)25-15-7-5-13(6-8-15)14-4-3-9-23-11-14/h3-9,11-12,16H,2H2,1H3,(H2,22,28)(H2,25,26,27). The molecule has 0 fully saturated rings. The summed E-state index contributed by atoms with van der Waals surface area (Å²) in [6.45, 7) is 1.84. The lowest BCUT2D eigenvalue weighted by Gasteiger charge is -2.15. The Labute approximate surface area is 162 Å². The molecular weight excluding hydrogens is 354 g/mol. The third-order valence-electron chi connectivity index (χ3n) is 4.09. The highest BCUT2D eigenvalue weighted by Crippen LogP contribution is 2.23. The first-order valence-electron chi connectivity index (χ1n) is 8.71. The van der Waals surface area contributed by atoms with E-state index in [1.165, 1.54) is 6.20 Å². The van der Waals surface area contributed by atoms with Crippen LogP contribution in [0.5, 0.6) is 0 Å². The van der Waals surface area contributed by atoms with Crippen LogP contribution in [-0.2, 0) is 4.79 Å². The molecule has 0 aliphatic carbocycles. The van der Waals surface area contributed by atoms with Crippen molar-refractivity contribution in [3.8, 4) is 17.2 Å². The molecule has 0 saturated heterocycles. The molecule has 0 aliphatic rings. The highest BCUT2D eigenvalue weighted by atomic mass is 16.1. The number of hydrogen-bond acceptors (Lipinski definition) is 7. The first kappa shape index (κ1) is 18.8. The van der Waals surface area contributed by atoms with E-state index >= 15 is 0 Å². The number of aromatic nitrogens is 3. The number of nitriles is 1. The number of nitrogens with two attached hydrogens (primary N) is 1. The molecule has 0 bridgehead atoms. The Hall–Kier alpha value is -3.99. The van der Waals surface area contributed by atoms with Gasteiger partial charge in [0.05, 0.1) is 6.20 Å². The number of amides is 1. The van der Waals surface area contributed by atoms with E-state index in [2.05, 4.69) is 25.6 Å². The smallest absolute Gasteiger partial charge is 0.239 e. The molecule has 2 aromatic heterocycles. The van der Waals surface area contributed by atoms with Crippen molar-refractivity contribution >= 4 is 23.2 Å². The average molecular weight is 373 g/mol. The maximum absolute atomic E-state index is 11.4. The number of nitrogens with one attached hydrogen (secondary N) is 2. The van der Waals surface area contributed by atoms with Crippen LogP contribution in [0.3, 0.4) is 0 Å². The van der Waals surface area contributed by atoms with Crippen LogP contribution in [0.25, 0.3) is 11.1 Å². The maximum atomic E-state index is 11.4. The van der Waals surface area contributed by atoms with Gasteiger partial charge in [0, 0.05) is 18.1 Å². The molecule has 1 unspecified atom stereocenters. The molecule has 2 heterocycles. The zero-order valence-corrected chi connectivity index (χ0v) is 15.3. The van der Waals surface area contributed by atoms with Crippen molar-refractivity contribution in [2.75, 3.05) is 10.6 Å². The van der Waals surface area contributed by atoms with Crippen molar-refractivity contribution in [2.45, 2.75) is 19.4 Å². The average Bonchev–Trinajstić information content (AvgIpc) is 2.73. The second-order valence-corrected chi connectivity index (χ2v) is 6.02. The third kappa shape index (κ3) is 4.40. The van der Waals surface area contributed by atoms with Gasteiger partial charge in [-0.3, -0.25) is 9.78 Å². The van der Waals surface area contributed by atoms with E-state index in [9.17, 15) is 10.1 Å². The normalized spacial score (nSPS) is 11.3. The number of primary amides is 1.